The summed E-state index contributed by atoms with van der Waals surface area (Å²) in [5.41, 5.74) is 3.72. The largest absolute Gasteiger partial charge is 0.307 e. The maximum atomic E-state index is 13.3. The van der Waals surface area contributed by atoms with E-state index in [0.717, 1.165) is 22.3 Å². The van der Waals surface area contributed by atoms with E-state index in [1.54, 1.807) is 16.8 Å². The van der Waals surface area contributed by atoms with Gasteiger partial charge in [-0.3, -0.25) is 14.6 Å². The number of aromatic nitrogens is 2. The minimum absolute atomic E-state index is 0. The van der Waals surface area contributed by atoms with Crippen molar-refractivity contribution in [2.75, 3.05) is 0 Å². The summed E-state index contributed by atoms with van der Waals surface area (Å²) in [4.78, 5) is 30.7. The number of nitrogens with zero attached hydrogens (tertiary/aromatic N) is 2. The summed E-state index contributed by atoms with van der Waals surface area (Å²) in [5, 5.41) is 1.31. The van der Waals surface area contributed by atoms with Crippen molar-refractivity contribution in [1.82, 2.24) is 9.55 Å². The van der Waals surface area contributed by atoms with Crippen LogP contribution >= 0.6 is 12.4 Å². The minimum atomic E-state index is -0.0650. The Bertz CT molecular complexity index is 1260. The summed E-state index contributed by atoms with van der Waals surface area (Å²) >= 11 is 0. The van der Waals surface area contributed by atoms with Crippen molar-refractivity contribution in [3.8, 4) is 11.3 Å². The molecular weight excluding hydrogens is 372 g/mol. The lowest BCUT2D eigenvalue weighted by atomic mass is 10.0. The quantitative estimate of drug-likeness (QED) is 0.463. The van der Waals surface area contributed by atoms with Crippen LogP contribution in [0.2, 0.25) is 0 Å². The molecule has 0 saturated heterocycles. The number of halogens is 1. The number of pyridine rings is 2. The van der Waals surface area contributed by atoms with Crippen LogP contribution in [0.5, 0.6) is 0 Å². The van der Waals surface area contributed by atoms with Gasteiger partial charge in [0.1, 0.15) is 0 Å². The van der Waals surface area contributed by atoms with Gasteiger partial charge in [0.15, 0.2) is 5.78 Å². The van der Waals surface area contributed by atoms with E-state index in [2.05, 4.69) is 4.98 Å². The van der Waals surface area contributed by atoms with E-state index in [0.29, 0.717) is 29.5 Å². The number of ketones is 1. The summed E-state index contributed by atoms with van der Waals surface area (Å²) < 4.78 is 1.75. The predicted octanol–water partition coefficient (Wildman–Crippen LogP) is 4.27. The summed E-state index contributed by atoms with van der Waals surface area (Å²) in [5.74, 6) is -0.0108. The zero-order valence-electron chi connectivity index (χ0n) is 15.0. The molecule has 0 N–H and O–H groups in total. The second kappa shape index (κ2) is 7.06. The molecule has 0 spiro atoms. The highest BCUT2D eigenvalue weighted by Gasteiger charge is 2.32. The molecule has 0 saturated carbocycles. The molecule has 0 fully saturated rings. The number of carbonyl (C=O) groups excluding carboxylic acids is 1. The van der Waals surface area contributed by atoms with Crippen LogP contribution < -0.4 is 5.56 Å². The Kier molecular flexibility index (Phi) is 4.57. The third-order valence-electron chi connectivity index (χ3n) is 5.15. The van der Waals surface area contributed by atoms with Crippen molar-refractivity contribution in [2.24, 2.45) is 0 Å². The van der Waals surface area contributed by atoms with Crippen molar-refractivity contribution in [3.63, 3.8) is 0 Å². The van der Waals surface area contributed by atoms with Gasteiger partial charge in [-0.2, -0.15) is 0 Å². The van der Waals surface area contributed by atoms with Gasteiger partial charge in [0, 0.05) is 46.8 Å². The molecule has 1 aliphatic rings. The van der Waals surface area contributed by atoms with Gasteiger partial charge >= 0.3 is 0 Å². The minimum Gasteiger partial charge on any atom is -0.307 e. The third kappa shape index (κ3) is 2.65. The first-order chi connectivity index (χ1) is 13.3. The van der Waals surface area contributed by atoms with Crippen molar-refractivity contribution in [2.45, 2.75) is 13.0 Å². The van der Waals surface area contributed by atoms with Gasteiger partial charge in [-0.1, -0.05) is 48.5 Å². The van der Waals surface area contributed by atoms with E-state index in [9.17, 15) is 9.59 Å². The lowest BCUT2D eigenvalue weighted by Crippen LogP contribution is -2.24. The van der Waals surface area contributed by atoms with Gasteiger partial charge in [-0.05, 0) is 18.2 Å². The van der Waals surface area contributed by atoms with E-state index < -0.39 is 0 Å². The highest BCUT2D eigenvalue weighted by molar-refractivity contribution is 6.26. The van der Waals surface area contributed by atoms with Crippen LogP contribution in [-0.4, -0.2) is 15.3 Å². The standard InChI is InChI=1S/C23H16N2O2.ClH/c26-22-18-10-3-2-9-17(18)21-20(22)16-8-1-4-11-19(16)23(27)25(21)14-12-15-7-5-6-13-24-15;/h1-11,13H,12,14H2;1H. The van der Waals surface area contributed by atoms with Crippen LogP contribution in [-0.2, 0) is 13.0 Å². The maximum Gasteiger partial charge on any atom is 0.258 e. The van der Waals surface area contributed by atoms with Crippen molar-refractivity contribution in [3.05, 3.63) is 100 Å². The molecule has 0 unspecified atom stereocenters. The Labute approximate surface area is 167 Å². The van der Waals surface area contributed by atoms with Crippen LogP contribution in [0.15, 0.2) is 77.7 Å². The Morgan fingerprint density at radius 3 is 2.21 bits per heavy atom. The van der Waals surface area contributed by atoms with Crippen LogP contribution in [0, 0.1) is 0 Å². The molecule has 0 radical (unpaired) electrons. The number of carbonyl (C=O) groups is 1. The van der Waals surface area contributed by atoms with Gasteiger partial charge in [-0.25, -0.2) is 0 Å². The van der Waals surface area contributed by atoms with Gasteiger partial charge in [0.05, 0.1) is 11.3 Å². The molecule has 138 valence electrons. The van der Waals surface area contributed by atoms with Crippen molar-refractivity contribution in [1.29, 1.82) is 0 Å². The molecule has 0 aliphatic heterocycles. The highest BCUT2D eigenvalue weighted by Crippen LogP contribution is 2.39. The molecule has 2 aromatic heterocycles. The Morgan fingerprint density at radius 1 is 0.786 bits per heavy atom. The van der Waals surface area contributed by atoms with Gasteiger partial charge in [0.2, 0.25) is 0 Å². The van der Waals surface area contributed by atoms with Crippen LogP contribution in [0.1, 0.15) is 21.6 Å². The smallest absolute Gasteiger partial charge is 0.258 e. The van der Waals surface area contributed by atoms with Crippen LogP contribution in [0.4, 0.5) is 0 Å². The first kappa shape index (κ1) is 18.1. The number of benzene rings is 2. The fraction of sp³-hybridized carbons (Fsp3) is 0.0870. The molecule has 5 heteroatoms. The van der Waals surface area contributed by atoms with Gasteiger partial charge in [-0.15, -0.1) is 12.4 Å². The molecule has 0 bridgehead atoms. The number of aryl methyl sites for hydroxylation is 1. The lowest BCUT2D eigenvalue weighted by molar-refractivity contribution is 0.104. The van der Waals surface area contributed by atoms with E-state index in [-0.39, 0.29) is 23.7 Å². The molecule has 4 aromatic rings. The molecular formula is C23H17ClN2O2. The molecule has 2 aromatic carbocycles. The molecule has 28 heavy (non-hydrogen) atoms. The van der Waals surface area contributed by atoms with E-state index >= 15 is 0 Å². The van der Waals surface area contributed by atoms with Crippen LogP contribution in [0.25, 0.3) is 22.0 Å². The number of rotatable bonds is 3. The molecule has 0 amide bonds. The monoisotopic (exact) mass is 388 g/mol. The molecule has 0 atom stereocenters. The first-order valence-electron chi connectivity index (χ1n) is 8.95. The maximum absolute atomic E-state index is 13.3. The average molecular weight is 389 g/mol. The van der Waals surface area contributed by atoms with Crippen molar-refractivity contribution >= 4 is 29.0 Å². The first-order valence-corrected chi connectivity index (χ1v) is 8.95. The summed E-state index contributed by atoms with van der Waals surface area (Å²) in [6, 6.07) is 20.7. The number of hydrogen-bond donors (Lipinski definition) is 0. The van der Waals surface area contributed by atoms with Crippen LogP contribution in [0.3, 0.4) is 0 Å². The second-order valence-electron chi connectivity index (χ2n) is 6.67. The number of fused-ring (bicyclic) bond motifs is 5. The second-order valence-corrected chi connectivity index (χ2v) is 6.67. The summed E-state index contributed by atoms with van der Waals surface area (Å²) in [6.07, 6.45) is 2.38. The van der Waals surface area contributed by atoms with Gasteiger partial charge < -0.3 is 4.57 Å². The zero-order valence-corrected chi connectivity index (χ0v) is 15.8. The molecule has 2 heterocycles. The zero-order chi connectivity index (χ0) is 18.4. The lowest BCUT2D eigenvalue weighted by Gasteiger charge is -2.15. The van der Waals surface area contributed by atoms with E-state index in [1.165, 1.54) is 0 Å². The van der Waals surface area contributed by atoms with E-state index in [1.807, 2.05) is 60.7 Å². The SMILES string of the molecule is Cl.O=C1c2ccccc2-c2c1c1ccccc1c(=O)n2CCc1ccccn1. The summed E-state index contributed by atoms with van der Waals surface area (Å²) in [7, 11) is 0. The highest BCUT2D eigenvalue weighted by atomic mass is 35.5. The Hall–Kier alpha value is -3.24. The normalized spacial score (nSPS) is 11.8. The third-order valence-corrected chi connectivity index (χ3v) is 5.15. The molecule has 1 aliphatic carbocycles. The average Bonchev–Trinajstić information content (AvgIpc) is 3.02. The predicted molar refractivity (Wildman–Crippen MR) is 112 cm³/mol. The fourth-order valence-electron chi connectivity index (χ4n) is 3.91. The topological polar surface area (TPSA) is 52.0 Å². The Balaban J connectivity index is 0.00000192. The number of hydrogen-bond acceptors (Lipinski definition) is 3. The summed E-state index contributed by atoms with van der Waals surface area (Å²) in [6.45, 7) is 0.477. The van der Waals surface area contributed by atoms with Gasteiger partial charge in [0.25, 0.3) is 5.56 Å². The van der Waals surface area contributed by atoms with Crippen molar-refractivity contribution < 1.29 is 4.79 Å². The molecule has 4 nitrogen and oxygen atoms in total. The fourth-order valence-corrected chi connectivity index (χ4v) is 3.91. The Morgan fingerprint density at radius 2 is 1.46 bits per heavy atom. The molecule has 5 rings (SSSR count). The van der Waals surface area contributed by atoms with E-state index in [4.69, 9.17) is 0 Å².